The quantitative estimate of drug-likeness (QED) is 0.597. The Morgan fingerprint density at radius 2 is 2.03 bits per heavy atom. The molecule has 2 aromatic carbocycles. The Labute approximate surface area is 170 Å². The lowest BCUT2D eigenvalue weighted by atomic mass is 9.90. The number of nitrogens with zero attached hydrogens (tertiary/aromatic N) is 3. The Bertz CT molecular complexity index is 1060. The fourth-order valence-electron chi connectivity index (χ4n) is 3.61. The van der Waals surface area contributed by atoms with Crippen LogP contribution in [0, 0.1) is 0 Å². The van der Waals surface area contributed by atoms with E-state index in [0.717, 1.165) is 23.3 Å². The number of alkyl halides is 3. The van der Waals surface area contributed by atoms with Crippen LogP contribution in [0.25, 0.3) is 11.4 Å². The summed E-state index contributed by atoms with van der Waals surface area (Å²) in [7, 11) is 1.35. The summed E-state index contributed by atoms with van der Waals surface area (Å²) >= 11 is 0. The number of hydrogen-bond acceptors (Lipinski definition) is 6. The minimum absolute atomic E-state index is 0.0815. The lowest BCUT2D eigenvalue weighted by molar-refractivity contribution is -0.143. The highest BCUT2D eigenvalue weighted by atomic mass is 19.4. The van der Waals surface area contributed by atoms with Crippen molar-refractivity contribution in [3.05, 3.63) is 71.1 Å². The number of fused-ring (bicyclic) bond motifs is 1. The first kappa shape index (κ1) is 20.1. The van der Waals surface area contributed by atoms with Gasteiger partial charge in [0.05, 0.1) is 25.1 Å². The molecule has 3 aromatic rings. The Hall–Kier alpha value is -3.20. The van der Waals surface area contributed by atoms with E-state index >= 15 is 0 Å². The van der Waals surface area contributed by atoms with E-state index in [1.54, 1.807) is 0 Å². The van der Waals surface area contributed by atoms with Gasteiger partial charge < -0.3 is 9.26 Å². The molecular weight excluding hydrogens is 399 g/mol. The van der Waals surface area contributed by atoms with Gasteiger partial charge in [0.15, 0.2) is 0 Å². The summed E-state index contributed by atoms with van der Waals surface area (Å²) in [5.74, 6) is -0.434. The van der Waals surface area contributed by atoms with Crippen molar-refractivity contribution < 1.29 is 27.2 Å². The molecule has 0 amide bonds. The van der Waals surface area contributed by atoms with Crippen LogP contribution in [0.4, 0.5) is 13.2 Å². The van der Waals surface area contributed by atoms with Gasteiger partial charge in [-0.1, -0.05) is 41.6 Å². The first-order chi connectivity index (χ1) is 14.3. The van der Waals surface area contributed by atoms with Gasteiger partial charge in [0.2, 0.25) is 11.7 Å². The van der Waals surface area contributed by atoms with Crippen LogP contribution in [0.3, 0.4) is 0 Å². The fourth-order valence-corrected chi connectivity index (χ4v) is 3.61. The highest BCUT2D eigenvalue weighted by Gasteiger charge is 2.32. The molecule has 2 heterocycles. The average Bonchev–Trinajstić information content (AvgIpc) is 3.20. The smallest absolute Gasteiger partial charge is 0.416 e. The number of ether oxygens (including phenoxy) is 1. The second-order valence-electron chi connectivity index (χ2n) is 7.03. The summed E-state index contributed by atoms with van der Waals surface area (Å²) in [6.07, 6.45) is -4.45. The molecular formula is C21H18F3N3O3. The largest absolute Gasteiger partial charge is 0.469 e. The van der Waals surface area contributed by atoms with Gasteiger partial charge in [-0.15, -0.1) is 0 Å². The van der Waals surface area contributed by atoms with E-state index in [1.807, 2.05) is 29.2 Å². The van der Waals surface area contributed by atoms with Crippen LogP contribution in [0.15, 0.2) is 53.1 Å². The standard InChI is InChI=1S/C21H18F3N3O3/c1-29-20(28)17-11-27(10-14-5-2-3-8-16(14)17)12-18-25-19(26-30-18)13-6-4-7-15(9-13)21(22,23)24/h2-9,17H,10-12H2,1H3. The van der Waals surface area contributed by atoms with E-state index in [0.29, 0.717) is 13.1 Å². The highest BCUT2D eigenvalue weighted by Crippen LogP contribution is 2.32. The van der Waals surface area contributed by atoms with Crippen molar-refractivity contribution in [2.45, 2.75) is 25.2 Å². The van der Waals surface area contributed by atoms with Gasteiger partial charge in [0.25, 0.3) is 0 Å². The third kappa shape index (κ3) is 4.06. The van der Waals surface area contributed by atoms with Gasteiger partial charge in [0, 0.05) is 18.7 Å². The van der Waals surface area contributed by atoms with Gasteiger partial charge in [-0.05, 0) is 23.3 Å². The summed E-state index contributed by atoms with van der Waals surface area (Å²) < 4.78 is 49.0. The molecule has 0 saturated carbocycles. The molecule has 1 unspecified atom stereocenters. The molecule has 0 aliphatic carbocycles. The second-order valence-corrected chi connectivity index (χ2v) is 7.03. The zero-order valence-electron chi connectivity index (χ0n) is 16.0. The number of methoxy groups -OCH3 is 1. The maximum absolute atomic E-state index is 12.9. The Morgan fingerprint density at radius 1 is 1.23 bits per heavy atom. The monoisotopic (exact) mass is 417 g/mol. The lowest BCUT2D eigenvalue weighted by Gasteiger charge is -2.32. The van der Waals surface area contributed by atoms with Crippen LogP contribution < -0.4 is 0 Å². The Balaban J connectivity index is 1.54. The number of hydrogen-bond donors (Lipinski definition) is 0. The molecule has 0 saturated heterocycles. The molecule has 1 aliphatic heterocycles. The Kier molecular flexibility index (Phi) is 5.29. The summed E-state index contributed by atoms with van der Waals surface area (Å²) in [5.41, 5.74) is 1.36. The first-order valence-corrected chi connectivity index (χ1v) is 9.23. The lowest BCUT2D eigenvalue weighted by Crippen LogP contribution is -2.37. The third-order valence-electron chi connectivity index (χ3n) is 5.03. The number of aromatic nitrogens is 2. The number of carbonyl (C=O) groups is 1. The maximum Gasteiger partial charge on any atom is 0.416 e. The zero-order chi connectivity index (χ0) is 21.3. The molecule has 0 fully saturated rings. The topological polar surface area (TPSA) is 68.5 Å². The van der Waals surface area contributed by atoms with Crippen molar-refractivity contribution >= 4 is 5.97 Å². The number of rotatable bonds is 4. The van der Waals surface area contributed by atoms with Crippen LogP contribution in [0.1, 0.15) is 28.5 Å². The summed E-state index contributed by atoms with van der Waals surface area (Å²) in [6, 6.07) is 12.4. The maximum atomic E-state index is 12.9. The van der Waals surface area contributed by atoms with E-state index in [1.165, 1.54) is 19.2 Å². The minimum atomic E-state index is -4.45. The van der Waals surface area contributed by atoms with E-state index in [-0.39, 0.29) is 29.8 Å². The molecule has 1 atom stereocenters. The summed E-state index contributed by atoms with van der Waals surface area (Å²) in [4.78, 5) is 18.4. The van der Waals surface area contributed by atoms with Crippen molar-refractivity contribution in [1.29, 1.82) is 0 Å². The number of esters is 1. The minimum Gasteiger partial charge on any atom is -0.469 e. The van der Waals surface area contributed by atoms with Gasteiger partial charge in [-0.25, -0.2) is 0 Å². The normalized spacial score (nSPS) is 16.9. The predicted molar refractivity (Wildman–Crippen MR) is 100 cm³/mol. The number of halogens is 3. The van der Waals surface area contributed by atoms with Gasteiger partial charge in [0.1, 0.15) is 0 Å². The third-order valence-corrected chi connectivity index (χ3v) is 5.03. The van der Waals surface area contributed by atoms with E-state index < -0.39 is 17.7 Å². The van der Waals surface area contributed by atoms with Crippen molar-refractivity contribution in [1.82, 2.24) is 15.0 Å². The average molecular weight is 417 g/mol. The second kappa shape index (κ2) is 7.91. The molecule has 6 nitrogen and oxygen atoms in total. The van der Waals surface area contributed by atoms with E-state index in [2.05, 4.69) is 10.1 Å². The molecule has 0 N–H and O–H groups in total. The van der Waals surface area contributed by atoms with Crippen LogP contribution in [-0.2, 0) is 28.8 Å². The molecule has 4 rings (SSSR count). The Morgan fingerprint density at radius 3 is 2.80 bits per heavy atom. The van der Waals surface area contributed by atoms with Gasteiger partial charge in [-0.3, -0.25) is 9.69 Å². The highest BCUT2D eigenvalue weighted by molar-refractivity contribution is 5.79. The van der Waals surface area contributed by atoms with Crippen molar-refractivity contribution in [3.63, 3.8) is 0 Å². The first-order valence-electron chi connectivity index (χ1n) is 9.23. The van der Waals surface area contributed by atoms with Crippen LogP contribution >= 0.6 is 0 Å². The van der Waals surface area contributed by atoms with Crippen LogP contribution in [-0.4, -0.2) is 34.7 Å². The van der Waals surface area contributed by atoms with E-state index in [4.69, 9.17) is 9.26 Å². The zero-order valence-corrected chi connectivity index (χ0v) is 16.0. The molecule has 0 bridgehead atoms. The molecule has 9 heteroatoms. The molecule has 0 radical (unpaired) electrons. The SMILES string of the molecule is COC(=O)C1CN(Cc2nc(-c3cccc(C(F)(F)F)c3)no2)Cc2ccccc21. The van der Waals surface area contributed by atoms with Crippen molar-refractivity contribution in [2.24, 2.45) is 0 Å². The van der Waals surface area contributed by atoms with Gasteiger partial charge >= 0.3 is 12.1 Å². The molecule has 1 aliphatic rings. The molecule has 0 spiro atoms. The summed E-state index contributed by atoms with van der Waals surface area (Å²) in [6.45, 7) is 1.24. The van der Waals surface area contributed by atoms with Crippen LogP contribution in [0.2, 0.25) is 0 Å². The predicted octanol–water partition coefficient (Wildman–Crippen LogP) is 4.03. The van der Waals surface area contributed by atoms with Crippen molar-refractivity contribution in [2.75, 3.05) is 13.7 Å². The van der Waals surface area contributed by atoms with Crippen LogP contribution in [0.5, 0.6) is 0 Å². The van der Waals surface area contributed by atoms with Crippen molar-refractivity contribution in [3.8, 4) is 11.4 Å². The molecule has 30 heavy (non-hydrogen) atoms. The number of carbonyl (C=O) groups excluding carboxylic acids is 1. The number of benzene rings is 2. The molecule has 156 valence electrons. The van der Waals surface area contributed by atoms with Gasteiger partial charge in [-0.2, -0.15) is 18.2 Å². The molecule has 1 aromatic heterocycles. The summed E-state index contributed by atoms with van der Waals surface area (Å²) in [5, 5.41) is 3.82. The fraction of sp³-hybridized carbons (Fsp3) is 0.286. The van der Waals surface area contributed by atoms with E-state index in [9.17, 15) is 18.0 Å².